The van der Waals surface area contributed by atoms with Crippen molar-refractivity contribution in [3.8, 4) is 0 Å². The summed E-state index contributed by atoms with van der Waals surface area (Å²) in [6, 6.07) is 0. The number of aliphatic carboxylic acids is 1. The Bertz CT molecular complexity index is 1710. The molecule has 20 atom stereocenters. The maximum atomic E-state index is 13.9. The minimum absolute atomic E-state index is 0.000201. The number of allylic oxidation sites excluding steroid dienone is 2. The van der Waals surface area contributed by atoms with Crippen molar-refractivity contribution in [3.05, 3.63) is 24.3 Å². The van der Waals surface area contributed by atoms with Crippen molar-refractivity contribution in [2.45, 2.75) is 258 Å². The maximum Gasteiger partial charge on any atom is 0.332 e. The number of rotatable bonds is 9. The Hall–Kier alpha value is -2.10. The Morgan fingerprint density at radius 1 is 0.725 bits per heavy atom. The lowest BCUT2D eigenvalue weighted by molar-refractivity contribution is -0.414. The summed E-state index contributed by atoms with van der Waals surface area (Å²) in [5.41, 5.74) is 0. The van der Waals surface area contributed by atoms with Crippen molar-refractivity contribution in [2.75, 3.05) is 14.2 Å². The van der Waals surface area contributed by atoms with Crippen LogP contribution < -0.4 is 0 Å². The van der Waals surface area contributed by atoms with E-state index < -0.39 is 90.3 Å². The van der Waals surface area contributed by atoms with Gasteiger partial charge in [0.15, 0.2) is 23.5 Å². The van der Waals surface area contributed by atoms with E-state index in [1.807, 2.05) is 19.1 Å². The number of fused-ring (bicyclic) bond motifs is 6. The molecule has 0 radical (unpaired) electrons. The smallest absolute Gasteiger partial charge is 0.332 e. The first-order chi connectivity index (χ1) is 32.9. The lowest BCUT2D eigenvalue weighted by Crippen LogP contribution is -2.59. The topological polar surface area (TPSA) is 239 Å². The summed E-state index contributed by atoms with van der Waals surface area (Å²) in [6.07, 6.45) is 7.71. The van der Waals surface area contributed by atoms with Crippen molar-refractivity contribution in [1.29, 1.82) is 0 Å². The second-order valence-electron chi connectivity index (χ2n) is 21.7. The molecule has 6 N–H and O–H groups in total. The van der Waals surface area contributed by atoms with Crippen molar-refractivity contribution in [2.24, 2.45) is 17.8 Å². The summed E-state index contributed by atoms with van der Waals surface area (Å²) < 4.78 is 59.1. The van der Waals surface area contributed by atoms with Gasteiger partial charge in [0.2, 0.25) is 0 Å². The Morgan fingerprint density at radius 2 is 1.46 bits per heavy atom. The van der Waals surface area contributed by atoms with Crippen molar-refractivity contribution in [1.82, 2.24) is 0 Å². The number of hydrogen-bond donors (Lipinski definition) is 6. The number of esters is 1. The van der Waals surface area contributed by atoms with Crippen LogP contribution in [0.4, 0.5) is 0 Å². The van der Waals surface area contributed by atoms with Crippen LogP contribution in [0.2, 0.25) is 0 Å². The largest absolute Gasteiger partial charge is 0.479 e. The van der Waals surface area contributed by atoms with Crippen molar-refractivity contribution >= 4 is 11.9 Å². The molecule has 394 valence electrons. The highest BCUT2D eigenvalue weighted by molar-refractivity contribution is 5.72. The molecule has 9 bridgehead atoms. The Morgan fingerprint density at radius 3 is 2.23 bits per heavy atom. The van der Waals surface area contributed by atoms with Gasteiger partial charge in [-0.25, -0.2) is 4.79 Å². The summed E-state index contributed by atoms with van der Waals surface area (Å²) >= 11 is 0. The van der Waals surface area contributed by atoms with Crippen LogP contribution in [0.25, 0.3) is 0 Å². The van der Waals surface area contributed by atoms with Crippen LogP contribution in [0.3, 0.4) is 0 Å². The number of carbonyl (C=O) groups is 2. The van der Waals surface area contributed by atoms with E-state index in [2.05, 4.69) is 13.8 Å². The molecule has 69 heavy (non-hydrogen) atoms. The van der Waals surface area contributed by atoms with Crippen LogP contribution in [0.5, 0.6) is 0 Å². The molecule has 7 rings (SSSR count). The van der Waals surface area contributed by atoms with E-state index in [-0.39, 0.29) is 67.9 Å². The Kier molecular flexibility index (Phi) is 19.2. The van der Waals surface area contributed by atoms with Crippen molar-refractivity contribution in [3.63, 3.8) is 0 Å². The van der Waals surface area contributed by atoms with Gasteiger partial charge in [-0.3, -0.25) is 4.79 Å². The summed E-state index contributed by atoms with van der Waals surface area (Å²) in [4.78, 5) is 24.9. The average Bonchev–Trinajstić information content (AvgIpc) is 3.65. The molecule has 0 aromatic heterocycles. The first-order valence-electron chi connectivity index (χ1n) is 26.2. The molecule has 0 saturated carbocycles. The second kappa shape index (κ2) is 24.3. The van der Waals surface area contributed by atoms with Gasteiger partial charge in [0, 0.05) is 65.1 Å². The van der Waals surface area contributed by atoms with E-state index >= 15 is 0 Å². The molecule has 7 heterocycles. The zero-order valence-electron chi connectivity index (χ0n) is 41.6. The number of methoxy groups -OCH3 is 2. The average molecular weight is 981 g/mol. The maximum absolute atomic E-state index is 13.9. The quantitative estimate of drug-likeness (QED) is 0.123. The first-order valence-corrected chi connectivity index (χ1v) is 26.2. The highest BCUT2D eigenvalue weighted by atomic mass is 16.8. The number of carboxylic acid groups (broad SMARTS) is 1. The van der Waals surface area contributed by atoms with Gasteiger partial charge < -0.3 is 73.3 Å². The number of hydrogen-bond acceptors (Lipinski definition) is 16. The van der Waals surface area contributed by atoms with Crippen LogP contribution in [0.15, 0.2) is 24.3 Å². The Balaban J connectivity index is 1.12. The minimum atomic E-state index is -1.46. The molecule has 7 aliphatic heterocycles. The van der Waals surface area contributed by atoms with E-state index in [0.717, 1.165) is 19.3 Å². The molecular weight excluding hydrogens is 897 g/mol. The van der Waals surface area contributed by atoms with Crippen LogP contribution in [-0.2, 0) is 52.2 Å². The second-order valence-corrected chi connectivity index (χ2v) is 21.7. The zero-order chi connectivity index (χ0) is 49.5. The summed E-state index contributed by atoms with van der Waals surface area (Å²) in [5, 5.41) is 64.9. The van der Waals surface area contributed by atoms with Crippen LogP contribution in [0, 0.1) is 17.8 Å². The van der Waals surface area contributed by atoms with Gasteiger partial charge in [0.25, 0.3) is 0 Å². The van der Waals surface area contributed by atoms with Crippen LogP contribution in [-0.4, -0.2) is 160 Å². The first kappa shape index (κ1) is 54.7. The molecule has 1 unspecified atom stereocenters. The van der Waals surface area contributed by atoms with E-state index in [1.54, 1.807) is 26.4 Å². The summed E-state index contributed by atoms with van der Waals surface area (Å²) in [5.74, 6) is -5.22. The molecule has 0 aromatic carbocycles. The number of carboxylic acids is 1. The SMILES string of the molecule is CO[C@H]1C[C@H]2CC[C@H](C)[C@H](O)[C@H](O)[C@H]3O[C@]4(CC[C@@H]3OC)CC[C@H](C)[C@@H](C[C@@H](O)C[C@H](O)C[C@@H]3CCC[C@H](CC(=O)O[C@H]5C[C@@]6(O[C@H]5C/C=C/C/C=C/CC(O)C(=O)O)O[C@](CC[C@@H]6C)(C1)O2)O3)O4. The van der Waals surface area contributed by atoms with Gasteiger partial charge in [-0.2, -0.15) is 0 Å². The normalized spacial score (nSPS) is 45.9. The number of aliphatic hydroxyl groups is 5. The molecule has 7 fully saturated rings. The number of aliphatic hydroxyl groups excluding tert-OH is 5. The molecule has 17 heteroatoms. The highest BCUT2D eigenvalue weighted by Crippen LogP contribution is 2.53. The van der Waals surface area contributed by atoms with Gasteiger partial charge in [-0.15, -0.1) is 0 Å². The summed E-state index contributed by atoms with van der Waals surface area (Å²) in [6.45, 7) is 6.09. The monoisotopic (exact) mass is 981 g/mol. The van der Waals surface area contributed by atoms with Gasteiger partial charge >= 0.3 is 11.9 Å². The molecule has 0 aliphatic carbocycles. The number of ether oxygens (including phenoxy) is 9. The van der Waals surface area contributed by atoms with Crippen molar-refractivity contribution < 1.29 is 82.9 Å². The van der Waals surface area contributed by atoms with Gasteiger partial charge in [0.1, 0.15) is 24.4 Å². The molecule has 0 amide bonds. The Labute approximate surface area is 408 Å². The fraction of sp³-hybridized carbons (Fsp3) is 0.885. The van der Waals surface area contributed by atoms with E-state index in [1.165, 1.54) is 0 Å². The van der Waals surface area contributed by atoms with Crippen LogP contribution in [0.1, 0.15) is 156 Å². The lowest BCUT2D eigenvalue weighted by atomic mass is 9.81. The van der Waals surface area contributed by atoms with E-state index in [9.17, 15) is 35.1 Å². The van der Waals surface area contributed by atoms with Gasteiger partial charge in [0.05, 0.1) is 61.4 Å². The zero-order valence-corrected chi connectivity index (χ0v) is 41.6. The van der Waals surface area contributed by atoms with Crippen LogP contribution >= 0.6 is 0 Å². The van der Waals surface area contributed by atoms with E-state index in [4.69, 9.17) is 47.7 Å². The molecule has 0 aromatic rings. The van der Waals surface area contributed by atoms with Gasteiger partial charge in [-0.1, -0.05) is 45.1 Å². The lowest BCUT2D eigenvalue weighted by Gasteiger charge is -2.53. The molecule has 3 spiro atoms. The molecule has 17 nitrogen and oxygen atoms in total. The third kappa shape index (κ3) is 13.9. The fourth-order valence-electron chi connectivity index (χ4n) is 12.2. The standard InChI is InChI=1S/C52H84O17/c1-31-18-21-50-23-20-42(62-5)48(68-50)47(58)46(57)32(2)16-17-38-27-39(61-4)29-51(65-38)22-19-33(3)52(69-51)30-44(41(67-52)15-10-8-6-7-9-14-40(55)49(59)60)64-45(56)28-37-13-11-12-36(63-37)25-34(53)24-35(54)26-43(31)66-50/h7-10,31-44,46-48,53-55,57-58H,6,11-30H2,1-5H3,(H,59,60)/b9-7+,10-8+/t31-,32-,33-,34-,35-,36-,37+,38+,39-,40?,41-,42-,43+,44-,46-,47-,48-,50-,51+,52+/m0/s1. The predicted octanol–water partition coefficient (Wildman–Crippen LogP) is 5.53. The third-order valence-corrected chi connectivity index (χ3v) is 16.4. The fourth-order valence-corrected chi connectivity index (χ4v) is 12.2. The van der Waals surface area contributed by atoms with Gasteiger partial charge in [-0.05, 0) is 95.3 Å². The minimum Gasteiger partial charge on any atom is -0.479 e. The van der Waals surface area contributed by atoms with E-state index in [0.29, 0.717) is 89.9 Å². The summed E-state index contributed by atoms with van der Waals surface area (Å²) in [7, 11) is 3.28. The number of carbonyl (C=O) groups excluding carboxylic acids is 1. The molecule has 7 saturated heterocycles. The highest BCUT2D eigenvalue weighted by Gasteiger charge is 2.60. The molecule has 7 aliphatic rings. The molecular formula is C52H84O17. The predicted molar refractivity (Wildman–Crippen MR) is 249 cm³/mol. The third-order valence-electron chi connectivity index (χ3n) is 16.4.